The Balaban J connectivity index is 2.82. The number of rotatable bonds is 4. The highest BCUT2D eigenvalue weighted by Gasteiger charge is 2.09. The van der Waals surface area contributed by atoms with E-state index in [2.05, 4.69) is 13.8 Å². The van der Waals surface area contributed by atoms with Crippen LogP contribution in [0.3, 0.4) is 0 Å². The van der Waals surface area contributed by atoms with Crippen molar-refractivity contribution in [2.45, 2.75) is 31.6 Å². The Morgan fingerprint density at radius 1 is 1.27 bits per heavy atom. The molecule has 1 atom stereocenters. The van der Waals surface area contributed by atoms with E-state index in [9.17, 15) is 8.42 Å². The molecule has 1 rings (SSSR count). The van der Waals surface area contributed by atoms with Crippen molar-refractivity contribution in [1.29, 1.82) is 0 Å². The molecule has 1 aromatic carbocycles. The third kappa shape index (κ3) is 3.84. The molecule has 0 N–H and O–H groups in total. The summed E-state index contributed by atoms with van der Waals surface area (Å²) < 4.78 is 22.0. The highest BCUT2D eigenvalue weighted by Crippen LogP contribution is 2.17. The van der Waals surface area contributed by atoms with Crippen LogP contribution in [-0.4, -0.2) is 8.42 Å². The topological polar surface area (TPSA) is 34.1 Å². The summed E-state index contributed by atoms with van der Waals surface area (Å²) in [7, 11) is 1.63. The number of hydrogen-bond donors (Lipinski definition) is 0. The van der Waals surface area contributed by atoms with Crippen LogP contribution < -0.4 is 0 Å². The van der Waals surface area contributed by atoms with E-state index in [1.54, 1.807) is 12.1 Å². The van der Waals surface area contributed by atoms with Gasteiger partial charge in [-0.05, 0) is 30.0 Å². The Bertz CT molecular complexity index is 409. The average molecular weight is 247 g/mol. The maximum absolute atomic E-state index is 11.0. The maximum Gasteiger partial charge on any atom is 0.261 e. The number of halogens is 1. The molecule has 0 spiro atoms. The van der Waals surface area contributed by atoms with Crippen LogP contribution in [0.5, 0.6) is 0 Å². The van der Waals surface area contributed by atoms with Crippen molar-refractivity contribution in [1.82, 2.24) is 0 Å². The normalized spacial score (nSPS) is 13.8. The van der Waals surface area contributed by atoms with Gasteiger partial charge in [-0.1, -0.05) is 32.4 Å². The fraction of sp³-hybridized carbons (Fsp3) is 0.455. The molecule has 0 radical (unpaired) electrons. The van der Waals surface area contributed by atoms with Crippen molar-refractivity contribution in [2.75, 3.05) is 0 Å². The van der Waals surface area contributed by atoms with Crippen molar-refractivity contribution < 1.29 is 8.42 Å². The summed E-state index contributed by atoms with van der Waals surface area (Å²) in [4.78, 5) is 0.164. The van der Waals surface area contributed by atoms with Gasteiger partial charge in [0.25, 0.3) is 9.05 Å². The summed E-state index contributed by atoms with van der Waals surface area (Å²) in [5, 5.41) is 0. The molecular weight excluding hydrogens is 232 g/mol. The molecule has 0 fully saturated rings. The minimum absolute atomic E-state index is 0.164. The molecule has 0 aliphatic carbocycles. The second-order valence-corrected chi connectivity index (χ2v) is 6.37. The molecule has 0 saturated carbocycles. The zero-order valence-corrected chi connectivity index (χ0v) is 10.5. The van der Waals surface area contributed by atoms with Crippen LogP contribution in [0, 0.1) is 5.92 Å². The predicted molar refractivity (Wildman–Crippen MR) is 62.6 cm³/mol. The summed E-state index contributed by atoms with van der Waals surface area (Å²) in [5.41, 5.74) is 1.15. The van der Waals surface area contributed by atoms with Crippen LogP contribution in [0.15, 0.2) is 29.2 Å². The summed E-state index contributed by atoms with van der Waals surface area (Å²) in [6.07, 6.45) is 2.09. The van der Waals surface area contributed by atoms with Crippen molar-refractivity contribution >= 4 is 19.7 Å². The first-order valence-corrected chi connectivity index (χ1v) is 7.28. The van der Waals surface area contributed by atoms with Crippen molar-refractivity contribution in [3.05, 3.63) is 29.8 Å². The lowest BCUT2D eigenvalue weighted by Crippen LogP contribution is -1.98. The summed E-state index contributed by atoms with van der Waals surface area (Å²) in [6, 6.07) is 6.75. The summed E-state index contributed by atoms with van der Waals surface area (Å²) >= 11 is 0. The van der Waals surface area contributed by atoms with Gasteiger partial charge >= 0.3 is 0 Å². The SMILES string of the molecule is CCC(C)Cc1ccc(S(=O)(=O)Cl)cc1. The van der Waals surface area contributed by atoms with E-state index in [1.807, 2.05) is 12.1 Å². The van der Waals surface area contributed by atoms with Gasteiger partial charge < -0.3 is 0 Å². The van der Waals surface area contributed by atoms with Gasteiger partial charge in [-0.3, -0.25) is 0 Å². The van der Waals surface area contributed by atoms with E-state index in [0.717, 1.165) is 18.4 Å². The number of hydrogen-bond acceptors (Lipinski definition) is 2. The first kappa shape index (κ1) is 12.5. The largest absolute Gasteiger partial charge is 0.261 e. The quantitative estimate of drug-likeness (QED) is 0.765. The van der Waals surface area contributed by atoms with E-state index in [4.69, 9.17) is 10.7 Å². The Morgan fingerprint density at radius 3 is 2.20 bits per heavy atom. The van der Waals surface area contributed by atoms with Crippen LogP contribution >= 0.6 is 10.7 Å². The molecule has 0 aromatic heterocycles. The minimum atomic E-state index is -3.58. The van der Waals surface area contributed by atoms with Gasteiger partial charge in [0.15, 0.2) is 0 Å². The highest BCUT2D eigenvalue weighted by molar-refractivity contribution is 8.13. The van der Waals surface area contributed by atoms with E-state index in [-0.39, 0.29) is 4.90 Å². The van der Waals surface area contributed by atoms with E-state index < -0.39 is 9.05 Å². The molecule has 0 amide bonds. The Morgan fingerprint density at radius 2 is 1.80 bits per heavy atom. The molecule has 0 saturated heterocycles. The first-order chi connectivity index (χ1) is 6.93. The van der Waals surface area contributed by atoms with Gasteiger partial charge in [-0.25, -0.2) is 8.42 Å². The summed E-state index contributed by atoms with van der Waals surface area (Å²) in [6.45, 7) is 4.31. The zero-order valence-electron chi connectivity index (χ0n) is 8.90. The number of benzene rings is 1. The standard InChI is InChI=1S/C11H15ClO2S/c1-3-9(2)8-10-4-6-11(7-5-10)15(12,13)14/h4-7,9H,3,8H2,1-2H3. The Hall–Kier alpha value is -0.540. The molecule has 4 heteroatoms. The molecule has 2 nitrogen and oxygen atoms in total. The van der Waals surface area contributed by atoms with Crippen molar-refractivity contribution in [3.63, 3.8) is 0 Å². The fourth-order valence-corrected chi connectivity index (χ4v) is 2.10. The van der Waals surface area contributed by atoms with Crippen molar-refractivity contribution in [2.24, 2.45) is 5.92 Å². The average Bonchev–Trinajstić information content (AvgIpc) is 2.17. The lowest BCUT2D eigenvalue weighted by atomic mass is 9.99. The van der Waals surface area contributed by atoms with Crippen LogP contribution in [0.1, 0.15) is 25.8 Å². The van der Waals surface area contributed by atoms with Gasteiger partial charge in [0.1, 0.15) is 0 Å². The van der Waals surface area contributed by atoms with Crippen LogP contribution in [0.2, 0.25) is 0 Å². The predicted octanol–water partition coefficient (Wildman–Crippen LogP) is 3.20. The molecule has 0 bridgehead atoms. The van der Waals surface area contributed by atoms with E-state index >= 15 is 0 Å². The zero-order chi connectivity index (χ0) is 11.5. The maximum atomic E-state index is 11.0. The minimum Gasteiger partial charge on any atom is -0.207 e. The second kappa shape index (κ2) is 4.99. The highest BCUT2D eigenvalue weighted by atomic mass is 35.7. The molecule has 0 aliphatic rings. The molecule has 1 unspecified atom stereocenters. The first-order valence-electron chi connectivity index (χ1n) is 4.97. The molecule has 0 heterocycles. The van der Waals surface area contributed by atoms with Gasteiger partial charge in [-0.2, -0.15) is 0 Å². The fourth-order valence-electron chi connectivity index (χ4n) is 1.33. The van der Waals surface area contributed by atoms with Gasteiger partial charge in [-0.15, -0.1) is 0 Å². The lowest BCUT2D eigenvalue weighted by molar-refractivity contribution is 0.560. The van der Waals surface area contributed by atoms with Gasteiger partial charge in [0, 0.05) is 10.7 Å². The van der Waals surface area contributed by atoms with E-state index in [0.29, 0.717) is 5.92 Å². The smallest absolute Gasteiger partial charge is 0.207 e. The van der Waals surface area contributed by atoms with Crippen LogP contribution in [-0.2, 0) is 15.5 Å². The monoisotopic (exact) mass is 246 g/mol. The molecular formula is C11H15ClO2S. The molecule has 0 aliphatic heterocycles. The molecule has 1 aromatic rings. The van der Waals surface area contributed by atoms with Gasteiger partial charge in [0.2, 0.25) is 0 Å². The third-order valence-corrected chi connectivity index (χ3v) is 3.86. The summed E-state index contributed by atoms with van der Waals surface area (Å²) in [5.74, 6) is 0.614. The van der Waals surface area contributed by atoms with E-state index in [1.165, 1.54) is 0 Å². The third-order valence-electron chi connectivity index (χ3n) is 2.49. The molecule has 15 heavy (non-hydrogen) atoms. The van der Waals surface area contributed by atoms with Gasteiger partial charge in [0.05, 0.1) is 4.90 Å². The van der Waals surface area contributed by atoms with Crippen LogP contribution in [0.4, 0.5) is 0 Å². The van der Waals surface area contributed by atoms with Crippen molar-refractivity contribution in [3.8, 4) is 0 Å². The Kier molecular flexibility index (Phi) is 4.17. The Labute approximate surface area is 95.7 Å². The lowest BCUT2D eigenvalue weighted by Gasteiger charge is -2.08. The van der Waals surface area contributed by atoms with Crippen LogP contribution in [0.25, 0.3) is 0 Å². The molecule has 84 valence electrons. The second-order valence-electron chi connectivity index (χ2n) is 3.80.